The highest BCUT2D eigenvalue weighted by molar-refractivity contribution is 9.09. The van der Waals surface area contributed by atoms with Crippen molar-refractivity contribution in [1.82, 2.24) is 0 Å². The van der Waals surface area contributed by atoms with Crippen molar-refractivity contribution in [3.63, 3.8) is 0 Å². The average Bonchev–Trinajstić information content (AvgIpc) is 2.21. The van der Waals surface area contributed by atoms with Gasteiger partial charge in [-0.1, -0.05) is 27.5 Å². The summed E-state index contributed by atoms with van der Waals surface area (Å²) in [6.45, 7) is 0.412. The lowest BCUT2D eigenvalue weighted by Gasteiger charge is -2.24. The third-order valence-corrected chi connectivity index (χ3v) is 2.69. The first-order valence-electron chi connectivity index (χ1n) is 4.45. The monoisotopic (exact) mass is 290 g/mol. The van der Waals surface area contributed by atoms with Gasteiger partial charge in [-0.05, 0) is 30.7 Å². The maximum absolute atomic E-state index is 10.9. The van der Waals surface area contributed by atoms with Gasteiger partial charge in [0, 0.05) is 22.6 Å². The number of alkyl halides is 1. The van der Waals surface area contributed by atoms with Gasteiger partial charge in [-0.25, -0.2) is 0 Å². The highest BCUT2D eigenvalue weighted by Crippen LogP contribution is 2.18. The fourth-order valence-corrected chi connectivity index (χ4v) is 1.54. The maximum Gasteiger partial charge on any atom is 0.141 e. The van der Waals surface area contributed by atoms with Crippen LogP contribution in [0.1, 0.15) is 6.42 Å². The van der Waals surface area contributed by atoms with E-state index in [1.54, 1.807) is 24.3 Å². The molecule has 0 fully saturated rings. The first-order chi connectivity index (χ1) is 7.15. The summed E-state index contributed by atoms with van der Waals surface area (Å²) in [5, 5.41) is 12.2. The number of halogens is 2. The largest absolute Gasteiger partial charge is 0.530 e. The van der Waals surface area contributed by atoms with E-state index < -0.39 is 6.09 Å². The Labute approximate surface area is 102 Å². The van der Waals surface area contributed by atoms with Crippen LogP contribution in [0.5, 0.6) is 0 Å². The number of carbonyl (C=O) groups is 1. The van der Waals surface area contributed by atoms with Gasteiger partial charge in [0.15, 0.2) is 0 Å². The van der Waals surface area contributed by atoms with Crippen LogP contribution in [0.25, 0.3) is 0 Å². The molecule has 0 atom stereocenters. The zero-order valence-electron chi connectivity index (χ0n) is 7.95. The van der Waals surface area contributed by atoms with Crippen molar-refractivity contribution in [3.05, 3.63) is 29.3 Å². The summed E-state index contributed by atoms with van der Waals surface area (Å²) in [7, 11) is 0. The van der Waals surface area contributed by atoms with Gasteiger partial charge in [0.25, 0.3) is 0 Å². The minimum Gasteiger partial charge on any atom is -0.530 e. The number of carboxylic acid groups (broad SMARTS) is 1. The zero-order valence-corrected chi connectivity index (χ0v) is 10.3. The quantitative estimate of drug-likeness (QED) is 0.799. The fourth-order valence-electron chi connectivity index (χ4n) is 1.16. The number of carbonyl (C=O) groups excluding carboxylic acids is 1. The third kappa shape index (κ3) is 3.72. The van der Waals surface area contributed by atoms with E-state index in [0.717, 1.165) is 11.8 Å². The van der Waals surface area contributed by atoms with Crippen molar-refractivity contribution < 1.29 is 9.90 Å². The number of hydrogen-bond donors (Lipinski definition) is 0. The van der Waals surface area contributed by atoms with E-state index in [4.69, 9.17) is 11.6 Å². The predicted molar refractivity (Wildman–Crippen MR) is 62.6 cm³/mol. The van der Waals surface area contributed by atoms with Crippen LogP contribution in [0, 0.1) is 0 Å². The van der Waals surface area contributed by atoms with Gasteiger partial charge in [-0.3, -0.25) is 0 Å². The normalized spacial score (nSPS) is 10.0. The Kier molecular flexibility index (Phi) is 4.91. The van der Waals surface area contributed by atoms with Crippen LogP contribution in [0.15, 0.2) is 24.3 Å². The van der Waals surface area contributed by atoms with Gasteiger partial charge in [0.2, 0.25) is 0 Å². The number of nitrogens with zero attached hydrogens (tertiary/aromatic N) is 1. The molecule has 0 saturated carbocycles. The molecule has 0 N–H and O–H groups in total. The Morgan fingerprint density at radius 1 is 1.40 bits per heavy atom. The van der Waals surface area contributed by atoms with Gasteiger partial charge in [-0.2, -0.15) is 0 Å². The molecule has 0 heterocycles. The SMILES string of the molecule is O=C([O-])N(CCCBr)c1ccc(Cl)cc1. The van der Waals surface area contributed by atoms with Crippen LogP contribution in [0.4, 0.5) is 10.5 Å². The molecule has 1 aromatic carbocycles. The molecule has 0 aliphatic heterocycles. The van der Waals surface area contributed by atoms with Crippen LogP contribution in [-0.4, -0.2) is 18.0 Å². The van der Waals surface area contributed by atoms with Crippen LogP contribution >= 0.6 is 27.5 Å². The molecule has 0 bridgehead atoms. The number of benzene rings is 1. The number of amides is 1. The summed E-state index contributed by atoms with van der Waals surface area (Å²) < 4.78 is 0. The van der Waals surface area contributed by atoms with Crippen LogP contribution in [-0.2, 0) is 0 Å². The zero-order chi connectivity index (χ0) is 11.3. The lowest BCUT2D eigenvalue weighted by molar-refractivity contribution is -0.246. The summed E-state index contributed by atoms with van der Waals surface area (Å²) in [4.78, 5) is 12.0. The second-order valence-electron chi connectivity index (χ2n) is 2.94. The van der Waals surface area contributed by atoms with Gasteiger partial charge < -0.3 is 14.8 Å². The third-order valence-electron chi connectivity index (χ3n) is 1.87. The Balaban J connectivity index is 2.79. The highest BCUT2D eigenvalue weighted by Gasteiger charge is 2.06. The van der Waals surface area contributed by atoms with E-state index in [0.29, 0.717) is 17.3 Å². The minimum absolute atomic E-state index is 0.412. The molecule has 5 heteroatoms. The van der Waals surface area contributed by atoms with E-state index in [9.17, 15) is 9.90 Å². The summed E-state index contributed by atoms with van der Waals surface area (Å²) in [5.41, 5.74) is 0.584. The standard InChI is InChI=1S/C10H11BrClNO2/c11-6-1-7-13(10(14)15)9-4-2-8(12)3-5-9/h2-5H,1,6-7H2,(H,14,15)/p-1. The molecule has 1 rings (SSSR count). The first kappa shape index (κ1) is 12.3. The van der Waals surface area contributed by atoms with Crippen molar-refractivity contribution in [2.24, 2.45) is 0 Å². The number of rotatable bonds is 4. The number of anilines is 1. The topological polar surface area (TPSA) is 43.4 Å². The van der Waals surface area contributed by atoms with Crippen LogP contribution in [0.3, 0.4) is 0 Å². The minimum atomic E-state index is -1.20. The van der Waals surface area contributed by atoms with E-state index >= 15 is 0 Å². The smallest absolute Gasteiger partial charge is 0.141 e. The Morgan fingerprint density at radius 3 is 2.47 bits per heavy atom. The Bertz CT molecular complexity index is 329. The van der Waals surface area contributed by atoms with Crippen molar-refractivity contribution in [2.45, 2.75) is 6.42 Å². The molecule has 0 radical (unpaired) electrons. The van der Waals surface area contributed by atoms with Gasteiger partial charge in [0.05, 0.1) is 0 Å². The lowest BCUT2D eigenvalue weighted by atomic mass is 10.3. The molecule has 1 amide bonds. The van der Waals surface area contributed by atoms with E-state index in [1.807, 2.05) is 0 Å². The molecule has 15 heavy (non-hydrogen) atoms. The molecule has 0 aliphatic rings. The fraction of sp³-hybridized carbons (Fsp3) is 0.300. The molecule has 3 nitrogen and oxygen atoms in total. The Morgan fingerprint density at radius 2 is 2.00 bits per heavy atom. The lowest BCUT2D eigenvalue weighted by Crippen LogP contribution is -2.42. The van der Waals surface area contributed by atoms with Gasteiger partial charge >= 0.3 is 0 Å². The van der Waals surface area contributed by atoms with Crippen LogP contribution < -0.4 is 10.0 Å². The van der Waals surface area contributed by atoms with Gasteiger partial charge in [0.1, 0.15) is 6.09 Å². The summed E-state index contributed by atoms with van der Waals surface area (Å²) in [6, 6.07) is 6.63. The molecule has 82 valence electrons. The highest BCUT2D eigenvalue weighted by atomic mass is 79.9. The maximum atomic E-state index is 10.9. The van der Waals surface area contributed by atoms with Crippen molar-refractivity contribution in [3.8, 4) is 0 Å². The van der Waals surface area contributed by atoms with E-state index in [1.165, 1.54) is 4.90 Å². The molecule has 1 aromatic rings. The summed E-state index contributed by atoms with van der Waals surface area (Å²) in [5.74, 6) is 0. The second-order valence-corrected chi connectivity index (χ2v) is 4.17. The molecular formula is C10H10BrClNO2-. The summed E-state index contributed by atoms with van der Waals surface area (Å²) in [6.07, 6.45) is -0.463. The molecule has 0 aromatic heterocycles. The van der Waals surface area contributed by atoms with Crippen LogP contribution in [0.2, 0.25) is 5.02 Å². The van der Waals surface area contributed by atoms with E-state index in [-0.39, 0.29) is 0 Å². The number of hydrogen-bond acceptors (Lipinski definition) is 2. The van der Waals surface area contributed by atoms with Crippen molar-refractivity contribution in [2.75, 3.05) is 16.8 Å². The average molecular weight is 292 g/mol. The molecular weight excluding hydrogens is 281 g/mol. The second kappa shape index (κ2) is 5.98. The van der Waals surface area contributed by atoms with Crippen molar-refractivity contribution in [1.29, 1.82) is 0 Å². The molecule has 0 aliphatic carbocycles. The molecule has 0 saturated heterocycles. The Hall–Kier alpha value is -0.740. The molecule has 0 unspecified atom stereocenters. The predicted octanol–water partition coefficient (Wildman–Crippen LogP) is 2.27. The van der Waals surface area contributed by atoms with Crippen molar-refractivity contribution >= 4 is 39.3 Å². The first-order valence-corrected chi connectivity index (χ1v) is 5.95. The summed E-state index contributed by atoms with van der Waals surface area (Å²) >= 11 is 8.96. The molecule has 0 spiro atoms. The van der Waals surface area contributed by atoms with Gasteiger partial charge in [-0.15, -0.1) is 0 Å². The van der Waals surface area contributed by atoms with E-state index in [2.05, 4.69) is 15.9 Å².